The van der Waals surface area contributed by atoms with Gasteiger partial charge in [0.05, 0.1) is 17.7 Å². The molecule has 68 valence electrons. The lowest BCUT2D eigenvalue weighted by atomic mass is 10.1. The van der Waals surface area contributed by atoms with Crippen LogP contribution in [0.3, 0.4) is 0 Å². The Morgan fingerprint density at radius 2 is 2.08 bits per heavy atom. The van der Waals surface area contributed by atoms with E-state index in [0.29, 0.717) is 5.69 Å². The fourth-order valence-electron chi connectivity index (χ4n) is 0.852. The van der Waals surface area contributed by atoms with Gasteiger partial charge in [0.2, 0.25) is 0 Å². The molecule has 1 aromatic rings. The minimum absolute atomic E-state index is 0.196. The summed E-state index contributed by atoms with van der Waals surface area (Å²) >= 11 is 2.99. The van der Waals surface area contributed by atoms with E-state index >= 15 is 0 Å². The molecule has 0 spiro atoms. The van der Waals surface area contributed by atoms with Gasteiger partial charge in [0.1, 0.15) is 4.47 Å². The summed E-state index contributed by atoms with van der Waals surface area (Å²) in [5, 5.41) is 8.59. The molecule has 13 heavy (non-hydrogen) atoms. The van der Waals surface area contributed by atoms with E-state index in [2.05, 4.69) is 20.9 Å². The number of halogens is 1. The maximum absolute atomic E-state index is 11.0. The molecule has 0 aliphatic heterocycles. The summed E-state index contributed by atoms with van der Waals surface area (Å²) in [6.45, 7) is 1.59. The van der Waals surface area contributed by atoms with Crippen molar-refractivity contribution in [3.8, 4) is 6.07 Å². The van der Waals surface area contributed by atoms with E-state index in [4.69, 9.17) is 5.26 Å². The maximum atomic E-state index is 11.0. The molecule has 5 nitrogen and oxygen atoms in total. The van der Waals surface area contributed by atoms with Crippen LogP contribution in [0.1, 0.15) is 18.5 Å². The third-order valence-electron chi connectivity index (χ3n) is 1.54. The summed E-state index contributed by atoms with van der Waals surface area (Å²) in [6.07, 6.45) is 0. The van der Waals surface area contributed by atoms with E-state index < -0.39 is 17.2 Å². The third-order valence-corrected chi connectivity index (χ3v) is 2.33. The van der Waals surface area contributed by atoms with Gasteiger partial charge in [-0.2, -0.15) is 5.26 Å². The third kappa shape index (κ3) is 1.87. The highest BCUT2D eigenvalue weighted by Gasteiger charge is 2.12. The fourth-order valence-corrected chi connectivity index (χ4v) is 1.39. The van der Waals surface area contributed by atoms with Crippen LogP contribution in [-0.4, -0.2) is 9.97 Å². The molecule has 0 radical (unpaired) electrons. The number of H-pyrrole nitrogens is 2. The topological polar surface area (TPSA) is 89.5 Å². The van der Waals surface area contributed by atoms with Gasteiger partial charge in [-0.15, -0.1) is 0 Å². The minimum atomic E-state index is -0.606. The summed E-state index contributed by atoms with van der Waals surface area (Å²) in [7, 11) is 0. The summed E-state index contributed by atoms with van der Waals surface area (Å²) in [5.74, 6) is -0.524. The summed E-state index contributed by atoms with van der Waals surface area (Å²) in [5.41, 5.74) is -0.831. The molecular weight excluding hydrogens is 238 g/mol. The number of nitrogens with zero attached hydrogens (tertiary/aromatic N) is 1. The van der Waals surface area contributed by atoms with Crippen LogP contribution in [0.5, 0.6) is 0 Å². The van der Waals surface area contributed by atoms with Gasteiger partial charge in [0.25, 0.3) is 5.56 Å². The highest BCUT2D eigenvalue weighted by atomic mass is 79.9. The standard InChI is InChI=1S/C7H6BrN3O2/c1-3(2-9)5-4(8)6(12)11-7(13)10-5/h3H,1H3,(H2,10,11,12,13). The van der Waals surface area contributed by atoms with E-state index in [9.17, 15) is 9.59 Å². The Labute approximate surface area is 81.5 Å². The zero-order chi connectivity index (χ0) is 10.0. The molecule has 0 amide bonds. The van der Waals surface area contributed by atoms with Crippen LogP contribution in [0, 0.1) is 11.3 Å². The predicted octanol–water partition coefficient (Wildman–Crippen LogP) is 0.453. The van der Waals surface area contributed by atoms with Crippen molar-refractivity contribution in [3.05, 3.63) is 31.0 Å². The molecule has 0 saturated heterocycles. The molecule has 1 unspecified atom stereocenters. The van der Waals surface area contributed by atoms with Crippen molar-refractivity contribution < 1.29 is 0 Å². The predicted molar refractivity (Wildman–Crippen MR) is 49.4 cm³/mol. The Kier molecular flexibility index (Phi) is 2.68. The van der Waals surface area contributed by atoms with Gasteiger partial charge in [-0.25, -0.2) is 4.79 Å². The van der Waals surface area contributed by atoms with Crippen LogP contribution >= 0.6 is 15.9 Å². The Morgan fingerprint density at radius 3 is 2.62 bits per heavy atom. The average molecular weight is 244 g/mol. The van der Waals surface area contributed by atoms with Crippen LogP contribution in [0.25, 0.3) is 0 Å². The summed E-state index contributed by atoms with van der Waals surface area (Å²) < 4.78 is 0.196. The van der Waals surface area contributed by atoms with Gasteiger partial charge < -0.3 is 4.98 Å². The lowest BCUT2D eigenvalue weighted by Gasteiger charge is -2.03. The fraction of sp³-hybridized carbons (Fsp3) is 0.286. The lowest BCUT2D eigenvalue weighted by Crippen LogP contribution is -2.25. The van der Waals surface area contributed by atoms with E-state index in [0.717, 1.165) is 0 Å². The Bertz CT molecular complexity index is 468. The maximum Gasteiger partial charge on any atom is 0.325 e. The zero-order valence-corrected chi connectivity index (χ0v) is 8.31. The molecule has 0 aliphatic rings. The highest BCUT2D eigenvalue weighted by Crippen LogP contribution is 2.16. The van der Waals surface area contributed by atoms with Gasteiger partial charge in [-0.3, -0.25) is 9.78 Å². The van der Waals surface area contributed by atoms with Crippen molar-refractivity contribution in [2.24, 2.45) is 0 Å². The molecule has 6 heteroatoms. The van der Waals surface area contributed by atoms with Crippen LogP contribution in [0.15, 0.2) is 14.1 Å². The number of aromatic amines is 2. The second-order valence-electron chi connectivity index (χ2n) is 2.49. The molecule has 0 aliphatic carbocycles. The van der Waals surface area contributed by atoms with Crippen molar-refractivity contribution in [3.63, 3.8) is 0 Å². The average Bonchev–Trinajstić information content (AvgIpc) is 2.10. The van der Waals surface area contributed by atoms with Gasteiger partial charge in [0, 0.05) is 0 Å². The van der Waals surface area contributed by atoms with E-state index in [1.165, 1.54) is 0 Å². The quantitative estimate of drug-likeness (QED) is 0.751. The number of rotatable bonds is 1. The van der Waals surface area contributed by atoms with E-state index in [1.54, 1.807) is 6.92 Å². The first kappa shape index (κ1) is 9.74. The lowest BCUT2D eigenvalue weighted by molar-refractivity contribution is 0.857. The number of hydrogen-bond acceptors (Lipinski definition) is 3. The van der Waals surface area contributed by atoms with E-state index in [1.807, 2.05) is 11.1 Å². The van der Waals surface area contributed by atoms with Crippen molar-refractivity contribution in [2.45, 2.75) is 12.8 Å². The first-order valence-electron chi connectivity index (χ1n) is 3.48. The zero-order valence-electron chi connectivity index (χ0n) is 6.72. The van der Waals surface area contributed by atoms with E-state index in [-0.39, 0.29) is 4.47 Å². The number of nitrogens with one attached hydrogen (secondary N) is 2. The van der Waals surface area contributed by atoms with Crippen LogP contribution < -0.4 is 11.2 Å². The molecule has 1 aromatic heterocycles. The second kappa shape index (κ2) is 3.58. The molecule has 1 atom stereocenters. The minimum Gasteiger partial charge on any atom is -0.309 e. The largest absolute Gasteiger partial charge is 0.325 e. The number of nitriles is 1. The van der Waals surface area contributed by atoms with Gasteiger partial charge in [-0.05, 0) is 22.9 Å². The molecule has 0 fully saturated rings. The molecule has 0 aromatic carbocycles. The molecular formula is C7H6BrN3O2. The SMILES string of the molecule is CC(C#N)c1[nH]c(=O)[nH]c(=O)c1Br. The van der Waals surface area contributed by atoms with Crippen molar-refractivity contribution >= 4 is 15.9 Å². The number of aromatic nitrogens is 2. The smallest absolute Gasteiger partial charge is 0.309 e. The van der Waals surface area contributed by atoms with Gasteiger partial charge in [0.15, 0.2) is 0 Å². The van der Waals surface area contributed by atoms with Crippen molar-refractivity contribution in [1.82, 2.24) is 9.97 Å². The summed E-state index contributed by atoms with van der Waals surface area (Å²) in [4.78, 5) is 26.3. The Hall–Kier alpha value is -1.35. The Morgan fingerprint density at radius 1 is 1.46 bits per heavy atom. The molecule has 1 rings (SSSR count). The molecule has 2 N–H and O–H groups in total. The van der Waals surface area contributed by atoms with Crippen LogP contribution in [-0.2, 0) is 0 Å². The summed E-state index contributed by atoms with van der Waals surface area (Å²) in [6, 6.07) is 1.92. The number of hydrogen-bond donors (Lipinski definition) is 2. The van der Waals surface area contributed by atoms with Gasteiger partial charge >= 0.3 is 5.69 Å². The first-order valence-corrected chi connectivity index (χ1v) is 4.27. The monoisotopic (exact) mass is 243 g/mol. The second-order valence-corrected chi connectivity index (χ2v) is 3.28. The molecule has 1 heterocycles. The Balaban J connectivity index is 3.48. The van der Waals surface area contributed by atoms with Gasteiger partial charge in [-0.1, -0.05) is 0 Å². The molecule has 0 saturated carbocycles. The first-order chi connectivity index (χ1) is 6.06. The normalized spacial score (nSPS) is 12.1. The van der Waals surface area contributed by atoms with Crippen LogP contribution in [0.4, 0.5) is 0 Å². The molecule has 0 bridgehead atoms. The van der Waals surface area contributed by atoms with Crippen molar-refractivity contribution in [2.75, 3.05) is 0 Å². The van der Waals surface area contributed by atoms with Crippen molar-refractivity contribution in [1.29, 1.82) is 5.26 Å². The highest BCUT2D eigenvalue weighted by molar-refractivity contribution is 9.10. The van der Waals surface area contributed by atoms with Crippen LogP contribution in [0.2, 0.25) is 0 Å².